The van der Waals surface area contributed by atoms with E-state index >= 15 is 0 Å². The van der Waals surface area contributed by atoms with Gasteiger partial charge in [-0.25, -0.2) is 0 Å². The van der Waals surface area contributed by atoms with Crippen LogP contribution in [-0.4, -0.2) is 33.4 Å². The van der Waals surface area contributed by atoms with Crippen molar-refractivity contribution in [2.75, 3.05) is 6.54 Å². The van der Waals surface area contributed by atoms with Crippen LogP contribution in [0.15, 0.2) is 18.5 Å². The van der Waals surface area contributed by atoms with Gasteiger partial charge in [0.2, 0.25) is 5.91 Å². The average molecular weight is 197 g/mol. The molecule has 0 aliphatic rings. The molecule has 2 N–H and O–H groups in total. The summed E-state index contributed by atoms with van der Waals surface area (Å²) in [6.45, 7) is 2.37. The van der Waals surface area contributed by atoms with Crippen LogP contribution in [0.25, 0.3) is 0 Å². The number of aliphatic hydroxyl groups is 1. The van der Waals surface area contributed by atoms with E-state index in [2.05, 4.69) is 10.4 Å². The lowest BCUT2D eigenvalue weighted by Crippen LogP contribution is -2.34. The van der Waals surface area contributed by atoms with Gasteiger partial charge in [-0.1, -0.05) is 6.92 Å². The minimum absolute atomic E-state index is 0.138. The Kier molecular flexibility index (Phi) is 4.12. The first-order chi connectivity index (χ1) is 6.72. The lowest BCUT2D eigenvalue weighted by molar-refractivity contribution is -0.122. The van der Waals surface area contributed by atoms with Crippen molar-refractivity contribution in [3.63, 3.8) is 0 Å². The van der Waals surface area contributed by atoms with E-state index in [1.165, 1.54) is 4.68 Å². The normalized spacial score (nSPS) is 12.4. The van der Waals surface area contributed by atoms with Crippen LogP contribution in [0.5, 0.6) is 0 Å². The summed E-state index contributed by atoms with van der Waals surface area (Å²) in [5.74, 6) is -0.138. The number of carbonyl (C=O) groups excluding carboxylic acids is 1. The first kappa shape index (κ1) is 10.7. The second kappa shape index (κ2) is 5.39. The zero-order chi connectivity index (χ0) is 10.4. The molecule has 5 heteroatoms. The Morgan fingerprint density at radius 1 is 1.71 bits per heavy atom. The van der Waals surface area contributed by atoms with E-state index in [0.717, 1.165) is 0 Å². The molecule has 1 amide bonds. The minimum atomic E-state index is -0.462. The predicted molar refractivity (Wildman–Crippen MR) is 51.5 cm³/mol. The number of hydrogen-bond acceptors (Lipinski definition) is 3. The van der Waals surface area contributed by atoms with E-state index in [9.17, 15) is 9.90 Å². The highest BCUT2D eigenvalue weighted by molar-refractivity contribution is 5.75. The molecule has 5 nitrogen and oxygen atoms in total. The summed E-state index contributed by atoms with van der Waals surface area (Å²) in [6, 6.07) is 1.76. The number of nitrogens with one attached hydrogen (secondary N) is 1. The van der Waals surface area contributed by atoms with Gasteiger partial charge in [-0.2, -0.15) is 5.10 Å². The number of hydrogen-bond donors (Lipinski definition) is 2. The molecule has 1 atom stereocenters. The Morgan fingerprint density at radius 2 is 2.50 bits per heavy atom. The highest BCUT2D eigenvalue weighted by Crippen LogP contribution is 1.88. The van der Waals surface area contributed by atoms with Crippen molar-refractivity contribution in [3.05, 3.63) is 18.5 Å². The standard InChI is InChI=1S/C9H15N3O2/c1-2-8(13)6-10-9(14)7-12-5-3-4-11-12/h3-5,8,13H,2,6-7H2,1H3,(H,10,14). The quantitative estimate of drug-likeness (QED) is 0.685. The fourth-order valence-electron chi connectivity index (χ4n) is 0.973. The molecule has 0 saturated heterocycles. The molecule has 78 valence electrons. The fraction of sp³-hybridized carbons (Fsp3) is 0.556. The number of amides is 1. The maximum Gasteiger partial charge on any atom is 0.241 e. The Morgan fingerprint density at radius 3 is 3.07 bits per heavy atom. The van der Waals surface area contributed by atoms with Crippen molar-refractivity contribution in [1.29, 1.82) is 0 Å². The zero-order valence-corrected chi connectivity index (χ0v) is 8.18. The summed E-state index contributed by atoms with van der Waals surface area (Å²) in [5, 5.41) is 15.7. The summed E-state index contributed by atoms with van der Waals surface area (Å²) in [6.07, 6.45) is 3.52. The lowest BCUT2D eigenvalue weighted by atomic mass is 10.3. The molecule has 0 saturated carbocycles. The van der Waals surface area contributed by atoms with Gasteiger partial charge in [0.1, 0.15) is 6.54 Å². The molecule has 0 bridgehead atoms. The van der Waals surface area contributed by atoms with Gasteiger partial charge in [0, 0.05) is 18.9 Å². The van der Waals surface area contributed by atoms with Crippen LogP contribution in [0.4, 0.5) is 0 Å². The molecule has 1 aromatic rings. The van der Waals surface area contributed by atoms with Crippen LogP contribution in [0.2, 0.25) is 0 Å². The topological polar surface area (TPSA) is 67.2 Å². The van der Waals surface area contributed by atoms with Gasteiger partial charge < -0.3 is 10.4 Å². The van der Waals surface area contributed by atoms with Gasteiger partial charge in [0.25, 0.3) is 0 Å². The number of aliphatic hydroxyl groups excluding tert-OH is 1. The van der Waals surface area contributed by atoms with Gasteiger partial charge in [-0.3, -0.25) is 9.48 Å². The molecule has 0 spiro atoms. The maximum absolute atomic E-state index is 11.2. The Balaban J connectivity index is 2.23. The third kappa shape index (κ3) is 3.57. The summed E-state index contributed by atoms with van der Waals surface area (Å²) < 4.78 is 1.54. The number of carbonyl (C=O) groups is 1. The zero-order valence-electron chi connectivity index (χ0n) is 8.18. The molecular formula is C9H15N3O2. The van der Waals surface area contributed by atoms with Gasteiger partial charge in [-0.15, -0.1) is 0 Å². The monoisotopic (exact) mass is 197 g/mol. The number of rotatable bonds is 5. The molecule has 14 heavy (non-hydrogen) atoms. The Labute approximate surface area is 82.7 Å². The maximum atomic E-state index is 11.2. The third-order valence-corrected chi connectivity index (χ3v) is 1.87. The van der Waals surface area contributed by atoms with E-state index in [1.54, 1.807) is 18.5 Å². The van der Waals surface area contributed by atoms with E-state index in [-0.39, 0.29) is 12.5 Å². The highest BCUT2D eigenvalue weighted by Gasteiger charge is 2.05. The van der Waals surface area contributed by atoms with E-state index in [1.807, 2.05) is 6.92 Å². The Bertz CT molecular complexity index is 272. The predicted octanol–water partition coefficient (Wildman–Crippen LogP) is -0.230. The molecule has 0 aliphatic carbocycles. The van der Waals surface area contributed by atoms with Crippen molar-refractivity contribution in [2.45, 2.75) is 26.0 Å². The van der Waals surface area contributed by atoms with Crippen molar-refractivity contribution in [2.24, 2.45) is 0 Å². The fourth-order valence-corrected chi connectivity index (χ4v) is 0.973. The van der Waals surface area contributed by atoms with Crippen molar-refractivity contribution in [1.82, 2.24) is 15.1 Å². The highest BCUT2D eigenvalue weighted by atomic mass is 16.3. The summed E-state index contributed by atoms with van der Waals surface area (Å²) in [7, 11) is 0. The van der Waals surface area contributed by atoms with Crippen LogP contribution < -0.4 is 5.32 Å². The summed E-state index contributed by atoms with van der Waals surface area (Å²) in [5.41, 5.74) is 0. The van der Waals surface area contributed by atoms with Crippen LogP contribution in [0, 0.1) is 0 Å². The first-order valence-corrected chi connectivity index (χ1v) is 4.64. The summed E-state index contributed by atoms with van der Waals surface area (Å²) >= 11 is 0. The first-order valence-electron chi connectivity index (χ1n) is 4.64. The van der Waals surface area contributed by atoms with E-state index in [0.29, 0.717) is 13.0 Å². The van der Waals surface area contributed by atoms with Crippen LogP contribution in [0.1, 0.15) is 13.3 Å². The van der Waals surface area contributed by atoms with Crippen molar-refractivity contribution >= 4 is 5.91 Å². The molecule has 0 radical (unpaired) electrons. The molecular weight excluding hydrogens is 182 g/mol. The average Bonchev–Trinajstić information content (AvgIpc) is 2.66. The van der Waals surface area contributed by atoms with Crippen LogP contribution in [-0.2, 0) is 11.3 Å². The van der Waals surface area contributed by atoms with Crippen molar-refractivity contribution < 1.29 is 9.90 Å². The van der Waals surface area contributed by atoms with Crippen molar-refractivity contribution in [3.8, 4) is 0 Å². The number of aromatic nitrogens is 2. The molecule has 1 unspecified atom stereocenters. The molecule has 0 fully saturated rings. The minimum Gasteiger partial charge on any atom is -0.391 e. The second-order valence-corrected chi connectivity index (χ2v) is 3.07. The van der Waals surface area contributed by atoms with E-state index in [4.69, 9.17) is 0 Å². The second-order valence-electron chi connectivity index (χ2n) is 3.07. The van der Waals surface area contributed by atoms with E-state index < -0.39 is 6.10 Å². The SMILES string of the molecule is CCC(O)CNC(=O)Cn1cccn1. The molecule has 0 aliphatic heterocycles. The van der Waals surface area contributed by atoms with Gasteiger partial charge in [0.05, 0.1) is 6.10 Å². The summed E-state index contributed by atoms with van der Waals surface area (Å²) in [4.78, 5) is 11.2. The Hall–Kier alpha value is -1.36. The molecule has 1 heterocycles. The van der Waals surface area contributed by atoms with Gasteiger partial charge in [0.15, 0.2) is 0 Å². The van der Waals surface area contributed by atoms with Gasteiger partial charge in [-0.05, 0) is 12.5 Å². The van der Waals surface area contributed by atoms with Crippen LogP contribution >= 0.6 is 0 Å². The number of nitrogens with zero attached hydrogens (tertiary/aromatic N) is 2. The molecule has 1 rings (SSSR count). The van der Waals surface area contributed by atoms with Gasteiger partial charge >= 0.3 is 0 Å². The third-order valence-electron chi connectivity index (χ3n) is 1.87. The molecule has 0 aromatic carbocycles. The smallest absolute Gasteiger partial charge is 0.241 e. The largest absolute Gasteiger partial charge is 0.391 e. The lowest BCUT2D eigenvalue weighted by Gasteiger charge is -2.09. The van der Waals surface area contributed by atoms with Crippen LogP contribution in [0.3, 0.4) is 0 Å². The molecule has 1 aromatic heterocycles.